The van der Waals surface area contributed by atoms with Crippen LogP contribution >= 0.6 is 0 Å². The van der Waals surface area contributed by atoms with Crippen LogP contribution in [0.25, 0.3) is 0 Å². The summed E-state index contributed by atoms with van der Waals surface area (Å²) >= 11 is 0. The molecule has 0 heterocycles. The molecule has 31 heavy (non-hydrogen) atoms. The van der Waals surface area contributed by atoms with Crippen molar-refractivity contribution in [3.63, 3.8) is 0 Å². The van der Waals surface area contributed by atoms with Gasteiger partial charge in [-0.25, -0.2) is 17.1 Å². The first-order valence-electron chi connectivity index (χ1n) is 10.5. The number of hydrogen-bond donors (Lipinski definition) is 1. The topological polar surface area (TPSA) is 93.1 Å². The van der Waals surface area contributed by atoms with Crippen molar-refractivity contribution in [3.05, 3.63) is 29.8 Å². The first-order chi connectivity index (χ1) is 14.6. The van der Waals surface area contributed by atoms with Gasteiger partial charge < -0.3 is 14.6 Å². The van der Waals surface area contributed by atoms with E-state index in [2.05, 4.69) is 0 Å². The second-order valence-corrected chi connectivity index (χ2v) is 9.27. The number of nitrogens with zero attached hydrogens (tertiary/aromatic N) is 1. The highest BCUT2D eigenvalue weighted by Crippen LogP contribution is 2.19. The third-order valence-electron chi connectivity index (χ3n) is 4.61. The fourth-order valence-corrected chi connectivity index (χ4v) is 3.88. The summed E-state index contributed by atoms with van der Waals surface area (Å²) in [7, 11) is -3.39. The van der Waals surface area contributed by atoms with Crippen LogP contribution in [0.5, 0.6) is 5.75 Å². The smallest absolute Gasteiger partial charge is 0.305 e. The molecule has 0 bridgehead atoms. The predicted molar refractivity (Wildman–Crippen MR) is 113 cm³/mol. The molecule has 0 saturated heterocycles. The van der Waals surface area contributed by atoms with E-state index in [-0.39, 0.29) is 31.3 Å². The van der Waals surface area contributed by atoms with Crippen molar-refractivity contribution in [2.24, 2.45) is 0 Å². The Hall–Kier alpha value is -1.78. The van der Waals surface area contributed by atoms with Gasteiger partial charge in [-0.15, -0.1) is 0 Å². The first kappa shape index (κ1) is 27.3. The van der Waals surface area contributed by atoms with Crippen LogP contribution in [0.15, 0.2) is 18.2 Å². The molecule has 0 aromatic heterocycles. The van der Waals surface area contributed by atoms with Gasteiger partial charge in [-0.05, 0) is 44.7 Å². The van der Waals surface area contributed by atoms with Crippen LogP contribution in [0, 0.1) is 11.6 Å². The molecule has 10 heteroatoms. The molecule has 0 radical (unpaired) electrons. The standard InChI is InChI=1S/C21H33F2NO6S/c1-3-29-20(26)13-6-4-5-7-14-24(31(2,27)28)15-9-10-17(25)16-30-19-12-8-11-18(22)21(19)23/h8,11-12,17,25H,3-7,9-10,13-16H2,1-2H3. The maximum atomic E-state index is 13.5. The Morgan fingerprint density at radius 2 is 1.81 bits per heavy atom. The summed E-state index contributed by atoms with van der Waals surface area (Å²) in [4.78, 5) is 11.3. The van der Waals surface area contributed by atoms with Gasteiger partial charge in [0.1, 0.15) is 6.61 Å². The summed E-state index contributed by atoms with van der Waals surface area (Å²) in [6.07, 6.45) is 4.19. The Bertz CT molecular complexity index is 775. The SMILES string of the molecule is CCOC(=O)CCCCCCN(CCCC(O)COc1cccc(F)c1F)S(C)(=O)=O. The maximum absolute atomic E-state index is 13.5. The Morgan fingerprint density at radius 3 is 2.48 bits per heavy atom. The van der Waals surface area contributed by atoms with E-state index in [9.17, 15) is 27.1 Å². The minimum Gasteiger partial charge on any atom is -0.488 e. The summed E-state index contributed by atoms with van der Waals surface area (Å²) in [5, 5.41) is 10.00. The van der Waals surface area contributed by atoms with Gasteiger partial charge in [-0.1, -0.05) is 18.9 Å². The molecular weight excluding hydrogens is 432 g/mol. The molecule has 1 rings (SSSR count). The maximum Gasteiger partial charge on any atom is 0.305 e. The highest BCUT2D eigenvalue weighted by atomic mass is 32.2. The summed E-state index contributed by atoms with van der Waals surface area (Å²) in [5.41, 5.74) is 0. The monoisotopic (exact) mass is 465 g/mol. The van der Waals surface area contributed by atoms with Gasteiger partial charge >= 0.3 is 5.97 Å². The van der Waals surface area contributed by atoms with Crippen molar-refractivity contribution in [2.45, 2.75) is 58.0 Å². The quantitative estimate of drug-likeness (QED) is 0.298. The van der Waals surface area contributed by atoms with Gasteiger partial charge in [0.15, 0.2) is 11.6 Å². The molecule has 0 aliphatic rings. The van der Waals surface area contributed by atoms with E-state index in [1.54, 1.807) is 6.92 Å². The van der Waals surface area contributed by atoms with Crippen LogP contribution in [-0.2, 0) is 19.6 Å². The van der Waals surface area contributed by atoms with E-state index in [1.807, 2.05) is 0 Å². The number of aliphatic hydroxyl groups excluding tert-OH is 1. The average Bonchev–Trinajstić information content (AvgIpc) is 2.69. The molecule has 0 amide bonds. The van der Waals surface area contributed by atoms with E-state index < -0.39 is 27.8 Å². The zero-order chi connectivity index (χ0) is 23.3. The molecule has 0 spiro atoms. The largest absolute Gasteiger partial charge is 0.488 e. The van der Waals surface area contributed by atoms with E-state index >= 15 is 0 Å². The average molecular weight is 466 g/mol. The van der Waals surface area contributed by atoms with Gasteiger partial charge in [-0.3, -0.25) is 4.79 Å². The summed E-state index contributed by atoms with van der Waals surface area (Å²) in [5.74, 6) is -2.64. The van der Waals surface area contributed by atoms with Crippen molar-refractivity contribution < 1.29 is 36.6 Å². The molecule has 1 atom stereocenters. The van der Waals surface area contributed by atoms with E-state index in [1.165, 1.54) is 16.4 Å². The van der Waals surface area contributed by atoms with Gasteiger partial charge in [0.2, 0.25) is 15.8 Å². The minimum absolute atomic E-state index is 0.220. The van der Waals surface area contributed by atoms with Crippen LogP contribution < -0.4 is 4.74 Å². The van der Waals surface area contributed by atoms with E-state index in [0.29, 0.717) is 38.8 Å². The first-order valence-corrected chi connectivity index (χ1v) is 12.4. The van der Waals surface area contributed by atoms with Crippen LogP contribution in [0.2, 0.25) is 0 Å². The van der Waals surface area contributed by atoms with Crippen molar-refractivity contribution in [2.75, 3.05) is 32.6 Å². The van der Waals surface area contributed by atoms with Gasteiger partial charge in [0.25, 0.3) is 0 Å². The Labute approximate surface area is 183 Å². The minimum atomic E-state index is -3.39. The summed E-state index contributed by atoms with van der Waals surface area (Å²) in [6, 6.07) is 3.54. The number of rotatable bonds is 16. The molecule has 0 fully saturated rings. The second kappa shape index (κ2) is 14.3. The number of unbranched alkanes of at least 4 members (excludes halogenated alkanes) is 3. The van der Waals surface area contributed by atoms with Crippen LogP contribution in [0.1, 0.15) is 51.9 Å². The van der Waals surface area contributed by atoms with Crippen molar-refractivity contribution in [1.29, 1.82) is 0 Å². The number of benzene rings is 1. The fraction of sp³-hybridized carbons (Fsp3) is 0.667. The van der Waals surface area contributed by atoms with Crippen LogP contribution in [0.3, 0.4) is 0 Å². The molecule has 1 unspecified atom stereocenters. The molecule has 178 valence electrons. The van der Waals surface area contributed by atoms with Gasteiger partial charge in [0.05, 0.1) is 19.0 Å². The number of halogens is 2. The molecule has 1 aromatic carbocycles. The van der Waals surface area contributed by atoms with Gasteiger partial charge in [0, 0.05) is 19.5 Å². The molecular formula is C21H33F2NO6S. The van der Waals surface area contributed by atoms with Crippen molar-refractivity contribution in [1.82, 2.24) is 4.31 Å². The Kier molecular flexibility index (Phi) is 12.6. The lowest BCUT2D eigenvalue weighted by atomic mass is 10.1. The summed E-state index contributed by atoms with van der Waals surface area (Å²) in [6.45, 7) is 2.50. The number of esters is 1. The third-order valence-corrected chi connectivity index (χ3v) is 5.91. The van der Waals surface area contributed by atoms with Crippen LogP contribution in [-0.4, -0.2) is 62.5 Å². The van der Waals surface area contributed by atoms with Gasteiger partial charge in [-0.2, -0.15) is 4.39 Å². The Balaban J connectivity index is 2.29. The van der Waals surface area contributed by atoms with E-state index in [0.717, 1.165) is 25.2 Å². The zero-order valence-electron chi connectivity index (χ0n) is 18.2. The number of aliphatic hydroxyl groups is 1. The number of carbonyl (C=O) groups excluding carboxylic acids is 1. The second-order valence-electron chi connectivity index (χ2n) is 7.29. The number of carbonyl (C=O) groups is 1. The lowest BCUT2D eigenvalue weighted by molar-refractivity contribution is -0.143. The highest BCUT2D eigenvalue weighted by molar-refractivity contribution is 7.88. The number of hydrogen-bond acceptors (Lipinski definition) is 6. The third kappa shape index (κ3) is 11.4. The predicted octanol–water partition coefficient (Wildman–Crippen LogP) is 3.26. The normalized spacial score (nSPS) is 12.7. The molecule has 1 aromatic rings. The number of sulfonamides is 1. The molecule has 0 aliphatic heterocycles. The molecule has 7 nitrogen and oxygen atoms in total. The molecule has 0 saturated carbocycles. The molecule has 1 N–H and O–H groups in total. The zero-order valence-corrected chi connectivity index (χ0v) is 19.0. The van der Waals surface area contributed by atoms with Crippen LogP contribution in [0.4, 0.5) is 8.78 Å². The highest BCUT2D eigenvalue weighted by Gasteiger charge is 2.17. The Morgan fingerprint density at radius 1 is 1.13 bits per heavy atom. The fourth-order valence-electron chi connectivity index (χ4n) is 2.96. The lowest BCUT2D eigenvalue weighted by Crippen LogP contribution is -2.32. The van der Waals surface area contributed by atoms with Crippen molar-refractivity contribution in [3.8, 4) is 5.75 Å². The lowest BCUT2D eigenvalue weighted by Gasteiger charge is -2.20. The van der Waals surface area contributed by atoms with E-state index in [4.69, 9.17) is 9.47 Å². The van der Waals surface area contributed by atoms with Crippen molar-refractivity contribution >= 4 is 16.0 Å². The molecule has 0 aliphatic carbocycles. The number of ether oxygens (including phenoxy) is 2. The summed E-state index contributed by atoms with van der Waals surface area (Å²) < 4.78 is 61.9.